The molecule has 0 fully saturated rings. The van der Waals surface area contributed by atoms with E-state index in [1.165, 1.54) is 0 Å². The number of hydrogen-bond acceptors (Lipinski definition) is 0. The maximum Gasteiger partial charge on any atom is 0.187 e. The summed E-state index contributed by atoms with van der Waals surface area (Å²) in [6.07, 6.45) is 0. The van der Waals surface area contributed by atoms with E-state index in [0.717, 1.165) is 0 Å². The van der Waals surface area contributed by atoms with E-state index in [0.29, 0.717) is 0 Å². The minimum absolute atomic E-state index is 0. The zero-order valence-electron chi connectivity index (χ0n) is 1.43. The molecule has 0 atom stereocenters. The second kappa shape index (κ2) is 29.0. The van der Waals surface area contributed by atoms with E-state index < -0.39 is 0 Å². The van der Waals surface area contributed by atoms with Crippen molar-refractivity contribution in [2.45, 2.75) is 0 Å². The van der Waals surface area contributed by atoms with Crippen molar-refractivity contribution in [3.8, 4) is 0 Å². The molecule has 0 amide bonds. The van der Waals surface area contributed by atoms with Crippen molar-refractivity contribution >= 4 is 17.4 Å². The third-order valence-electron chi connectivity index (χ3n) is 0. The predicted octanol–water partition coefficient (Wildman–Crippen LogP) is -1.19. The standard InChI is InChI=1S/Al.Au.2Cr.Ni.3H. The molecule has 0 heterocycles. The van der Waals surface area contributed by atoms with Crippen LogP contribution >= 0.6 is 0 Å². The molecule has 0 N–H and O–H groups in total. The monoisotopic (exact) mass is 389 g/mol. The summed E-state index contributed by atoms with van der Waals surface area (Å²) in [5.41, 5.74) is 0. The van der Waals surface area contributed by atoms with Crippen LogP contribution in [0.3, 0.4) is 0 Å². The first-order valence-corrected chi connectivity index (χ1v) is 0. The molecule has 0 spiro atoms. The fourth-order valence-electron chi connectivity index (χ4n) is 0. The van der Waals surface area contributed by atoms with Crippen LogP contribution in [0.4, 0.5) is 0 Å². The quantitative estimate of drug-likeness (QED) is 0.457. The normalized spacial score (nSPS) is 0. The van der Waals surface area contributed by atoms with Gasteiger partial charge in [0.15, 0.2) is 17.4 Å². The zero-order valence-corrected chi connectivity index (χ0v) is 7.14. The van der Waals surface area contributed by atoms with E-state index in [-0.39, 0.29) is 91.0 Å². The van der Waals surface area contributed by atoms with Crippen molar-refractivity contribution in [2.75, 3.05) is 0 Å². The molecule has 0 nitrogen and oxygen atoms in total. The molecule has 0 rings (SSSR count). The Hall–Kier alpha value is 2.83. The molecule has 0 unspecified atom stereocenters. The Balaban J connectivity index is 0. The fraction of sp³-hybridized carbons (Fsp3) is 0. The Labute approximate surface area is 89.7 Å². The minimum Gasteiger partial charge on any atom is 0 e. The predicted molar refractivity (Wildman–Crippen MR) is 9.94 cm³/mol. The van der Waals surface area contributed by atoms with Gasteiger partial charge in [-0.25, -0.2) is 0 Å². The average molecular weight is 390 g/mol. The van der Waals surface area contributed by atoms with Crippen LogP contribution < -0.4 is 0 Å². The molecule has 0 saturated heterocycles. The van der Waals surface area contributed by atoms with Crippen LogP contribution in [0.15, 0.2) is 0 Å². The van der Waals surface area contributed by atoms with Crippen LogP contribution in [0.2, 0.25) is 0 Å². The van der Waals surface area contributed by atoms with Gasteiger partial charge in [-0.3, -0.25) is 0 Å². The Morgan fingerprint density at radius 3 is 0.800 bits per heavy atom. The van der Waals surface area contributed by atoms with Gasteiger partial charge >= 0.3 is 0 Å². The van der Waals surface area contributed by atoms with Gasteiger partial charge in [0.25, 0.3) is 0 Å². The van der Waals surface area contributed by atoms with Gasteiger partial charge in [-0.05, 0) is 0 Å². The summed E-state index contributed by atoms with van der Waals surface area (Å²) in [6, 6.07) is 0. The molecule has 0 aromatic heterocycles. The second-order valence-corrected chi connectivity index (χ2v) is 0. The summed E-state index contributed by atoms with van der Waals surface area (Å²) in [5.74, 6) is 0. The van der Waals surface area contributed by atoms with Gasteiger partial charge in [0.1, 0.15) is 0 Å². The van der Waals surface area contributed by atoms with Crippen molar-refractivity contribution in [3.05, 3.63) is 0 Å². The van der Waals surface area contributed by atoms with E-state index in [4.69, 9.17) is 0 Å². The topological polar surface area (TPSA) is 0 Å². The minimum atomic E-state index is 0. The van der Waals surface area contributed by atoms with Crippen molar-refractivity contribution in [1.29, 1.82) is 0 Å². The molecule has 0 aliphatic heterocycles. The zero-order chi connectivity index (χ0) is 0. The number of rotatable bonds is 0. The van der Waals surface area contributed by atoms with Crippen molar-refractivity contribution in [2.24, 2.45) is 0 Å². The molecule has 0 aliphatic rings. The first-order valence-electron chi connectivity index (χ1n) is 0. The van der Waals surface area contributed by atoms with E-state index in [9.17, 15) is 0 Å². The molecule has 0 saturated carbocycles. The Morgan fingerprint density at radius 2 is 0.800 bits per heavy atom. The Bertz CT molecular complexity index is 9.61. The van der Waals surface area contributed by atoms with E-state index >= 15 is 0 Å². The van der Waals surface area contributed by atoms with E-state index in [1.807, 2.05) is 0 Å². The summed E-state index contributed by atoms with van der Waals surface area (Å²) < 4.78 is 0. The van der Waals surface area contributed by atoms with Gasteiger partial charge in [0.05, 0.1) is 0 Å². The third kappa shape index (κ3) is 19.9. The van der Waals surface area contributed by atoms with Crippen LogP contribution in [-0.2, 0) is 73.6 Å². The average Bonchev–Trinajstić information content (AvgIpc) is 0. The van der Waals surface area contributed by atoms with Gasteiger partial charge in [-0.15, -0.1) is 0 Å². The summed E-state index contributed by atoms with van der Waals surface area (Å²) in [7, 11) is 0. The molecule has 39 valence electrons. The first-order chi connectivity index (χ1) is 0. The molecule has 0 aromatic carbocycles. The van der Waals surface area contributed by atoms with Crippen LogP contribution in [-0.4, -0.2) is 17.4 Å². The maximum absolute atomic E-state index is 0. The Kier molecular flexibility index (Phi) is 264. The van der Waals surface area contributed by atoms with Gasteiger partial charge in [0, 0.05) is 73.6 Å². The molecule has 5 heteroatoms. The molecule has 1 radical (unpaired) electrons. The van der Waals surface area contributed by atoms with Gasteiger partial charge < -0.3 is 0 Å². The smallest absolute Gasteiger partial charge is 0 e. The third-order valence-corrected chi connectivity index (χ3v) is 0. The first kappa shape index (κ1) is 45.6. The van der Waals surface area contributed by atoms with Gasteiger partial charge in [0.2, 0.25) is 0 Å². The molecule has 5 heavy (non-hydrogen) atoms. The van der Waals surface area contributed by atoms with Crippen molar-refractivity contribution in [1.82, 2.24) is 0 Å². The summed E-state index contributed by atoms with van der Waals surface area (Å²) in [4.78, 5) is 0. The van der Waals surface area contributed by atoms with Crippen LogP contribution in [0, 0.1) is 0 Å². The van der Waals surface area contributed by atoms with Gasteiger partial charge in [-0.2, -0.15) is 0 Å². The molecular weight excluding hydrogens is 387 g/mol. The summed E-state index contributed by atoms with van der Waals surface area (Å²) in [6.45, 7) is 0. The molecular formula is H3AlAuCr2Ni. The Morgan fingerprint density at radius 1 is 0.800 bits per heavy atom. The number of hydrogen-bond donors (Lipinski definition) is 0. The van der Waals surface area contributed by atoms with E-state index in [1.54, 1.807) is 0 Å². The van der Waals surface area contributed by atoms with Crippen molar-refractivity contribution in [3.63, 3.8) is 0 Å². The largest absolute Gasteiger partial charge is 0.187 e. The van der Waals surface area contributed by atoms with Crippen LogP contribution in [0.25, 0.3) is 0 Å². The van der Waals surface area contributed by atoms with Crippen LogP contribution in [0.5, 0.6) is 0 Å². The molecule has 0 aromatic rings. The summed E-state index contributed by atoms with van der Waals surface area (Å²) in [5, 5.41) is 0. The maximum atomic E-state index is 0. The molecule has 0 bridgehead atoms. The molecule has 0 aliphatic carbocycles. The SMILES string of the molecule is [AlH3].[Au].[Cr].[Cr].[Ni]. The summed E-state index contributed by atoms with van der Waals surface area (Å²) >= 11 is 0. The fourth-order valence-corrected chi connectivity index (χ4v) is 0. The van der Waals surface area contributed by atoms with Gasteiger partial charge in [-0.1, -0.05) is 0 Å². The van der Waals surface area contributed by atoms with Crippen LogP contribution in [0.1, 0.15) is 0 Å². The van der Waals surface area contributed by atoms with E-state index in [2.05, 4.69) is 0 Å². The second-order valence-electron chi connectivity index (χ2n) is 0. The van der Waals surface area contributed by atoms with Crippen molar-refractivity contribution < 1.29 is 73.6 Å².